The smallest absolute Gasteiger partial charge is 0.224 e. The molecule has 0 heterocycles. The summed E-state index contributed by atoms with van der Waals surface area (Å²) < 4.78 is 0. The van der Waals surface area contributed by atoms with E-state index >= 15 is 0 Å². The summed E-state index contributed by atoms with van der Waals surface area (Å²) in [6.07, 6.45) is 5.56. The van der Waals surface area contributed by atoms with E-state index in [9.17, 15) is 9.90 Å². The minimum absolute atomic E-state index is 0.0228. The van der Waals surface area contributed by atoms with Crippen LogP contribution >= 0.6 is 0 Å². The fraction of sp³-hybridized carbons (Fsp3) is 0.588. The van der Waals surface area contributed by atoms with Crippen molar-refractivity contribution >= 4 is 5.91 Å². The number of aliphatic hydroxyl groups is 1. The average molecular weight is 275 g/mol. The molecule has 1 aromatic carbocycles. The Kier molecular flexibility index (Phi) is 4.81. The number of benzene rings is 1. The third-order valence-corrected chi connectivity index (χ3v) is 4.37. The molecule has 0 bridgehead atoms. The molecule has 3 heteroatoms. The minimum atomic E-state index is -0.382. The molecule has 1 aliphatic rings. The highest BCUT2D eigenvalue weighted by Gasteiger charge is 2.32. The van der Waals surface area contributed by atoms with Crippen molar-refractivity contribution in [3.63, 3.8) is 0 Å². The predicted octanol–water partition coefficient (Wildman–Crippen LogP) is 2.66. The Hall–Kier alpha value is -1.35. The van der Waals surface area contributed by atoms with Gasteiger partial charge in [0, 0.05) is 0 Å². The molecule has 0 spiro atoms. The van der Waals surface area contributed by atoms with Crippen LogP contribution < -0.4 is 5.32 Å². The Morgan fingerprint density at radius 1 is 1.25 bits per heavy atom. The first-order chi connectivity index (χ1) is 9.54. The van der Waals surface area contributed by atoms with Gasteiger partial charge in [-0.25, -0.2) is 0 Å². The van der Waals surface area contributed by atoms with Gasteiger partial charge in [-0.15, -0.1) is 0 Å². The zero-order valence-electron chi connectivity index (χ0n) is 12.5. The molecule has 1 amide bonds. The number of hydrogen-bond donors (Lipinski definition) is 2. The van der Waals surface area contributed by atoms with Gasteiger partial charge >= 0.3 is 0 Å². The number of aliphatic hydroxyl groups excluding tert-OH is 1. The summed E-state index contributed by atoms with van der Waals surface area (Å²) in [4.78, 5) is 12.3. The second kappa shape index (κ2) is 6.40. The molecule has 0 radical (unpaired) electrons. The van der Waals surface area contributed by atoms with Gasteiger partial charge in [0.2, 0.25) is 5.91 Å². The molecule has 2 N–H and O–H groups in total. The number of rotatable bonds is 4. The normalized spacial score (nSPS) is 17.8. The Labute approximate surface area is 121 Å². The molecule has 0 aliphatic heterocycles. The third kappa shape index (κ3) is 3.60. The van der Waals surface area contributed by atoms with E-state index in [1.165, 1.54) is 12.0 Å². The van der Waals surface area contributed by atoms with Crippen LogP contribution in [0.25, 0.3) is 0 Å². The number of carbonyl (C=O) groups excluding carboxylic acids is 1. The van der Waals surface area contributed by atoms with Crippen LogP contribution in [0, 0.1) is 13.8 Å². The van der Waals surface area contributed by atoms with Gasteiger partial charge in [0.05, 0.1) is 18.6 Å². The second-order valence-corrected chi connectivity index (χ2v) is 6.15. The number of nitrogens with one attached hydrogen (secondary N) is 1. The van der Waals surface area contributed by atoms with Crippen LogP contribution in [-0.4, -0.2) is 23.2 Å². The first kappa shape index (κ1) is 15.0. The number of hydrogen-bond acceptors (Lipinski definition) is 2. The zero-order valence-corrected chi connectivity index (χ0v) is 12.5. The molecule has 1 fully saturated rings. The van der Waals surface area contributed by atoms with Gasteiger partial charge in [-0.1, -0.05) is 43.0 Å². The summed E-state index contributed by atoms with van der Waals surface area (Å²) in [5.74, 6) is 0.0228. The van der Waals surface area contributed by atoms with E-state index in [-0.39, 0.29) is 18.1 Å². The first-order valence-electron chi connectivity index (χ1n) is 7.53. The molecule has 0 aromatic heterocycles. The summed E-state index contributed by atoms with van der Waals surface area (Å²) in [5.41, 5.74) is 3.01. The lowest BCUT2D eigenvalue weighted by atomic mass is 9.82. The third-order valence-electron chi connectivity index (χ3n) is 4.37. The van der Waals surface area contributed by atoms with Gasteiger partial charge < -0.3 is 10.4 Å². The van der Waals surface area contributed by atoms with Crippen molar-refractivity contribution in [2.24, 2.45) is 0 Å². The molecule has 0 unspecified atom stereocenters. The van der Waals surface area contributed by atoms with Crippen molar-refractivity contribution in [1.29, 1.82) is 0 Å². The number of carbonyl (C=O) groups is 1. The van der Waals surface area contributed by atoms with Crippen molar-refractivity contribution < 1.29 is 9.90 Å². The van der Waals surface area contributed by atoms with Crippen molar-refractivity contribution in [3.05, 3.63) is 34.9 Å². The zero-order chi connectivity index (χ0) is 14.6. The van der Waals surface area contributed by atoms with E-state index in [4.69, 9.17) is 0 Å². The van der Waals surface area contributed by atoms with E-state index in [0.717, 1.165) is 36.8 Å². The van der Waals surface area contributed by atoms with Gasteiger partial charge in [-0.05, 0) is 37.8 Å². The fourth-order valence-electron chi connectivity index (χ4n) is 3.05. The summed E-state index contributed by atoms with van der Waals surface area (Å²) in [6.45, 7) is 4.12. The lowest BCUT2D eigenvalue weighted by molar-refractivity contribution is -0.123. The molecule has 20 heavy (non-hydrogen) atoms. The highest BCUT2D eigenvalue weighted by molar-refractivity contribution is 5.79. The SMILES string of the molecule is Cc1ccc(C)c(CC(=O)NC2(CO)CCCCC2)c1. The molecular formula is C17H25NO2. The molecule has 0 saturated heterocycles. The van der Waals surface area contributed by atoms with Crippen molar-refractivity contribution in [2.45, 2.75) is 57.9 Å². The van der Waals surface area contributed by atoms with E-state index < -0.39 is 0 Å². The Morgan fingerprint density at radius 2 is 1.95 bits per heavy atom. The van der Waals surface area contributed by atoms with Crippen LogP contribution in [-0.2, 0) is 11.2 Å². The average Bonchev–Trinajstić information content (AvgIpc) is 2.44. The molecule has 1 saturated carbocycles. The molecule has 1 aromatic rings. The largest absolute Gasteiger partial charge is 0.394 e. The van der Waals surface area contributed by atoms with Crippen LogP contribution in [0.4, 0.5) is 0 Å². The molecule has 1 aliphatic carbocycles. The molecule has 0 atom stereocenters. The number of amides is 1. The topological polar surface area (TPSA) is 49.3 Å². The lowest BCUT2D eigenvalue weighted by Crippen LogP contribution is -2.53. The highest BCUT2D eigenvalue weighted by atomic mass is 16.3. The maximum Gasteiger partial charge on any atom is 0.224 e. The molecule has 2 rings (SSSR count). The van der Waals surface area contributed by atoms with E-state index in [0.29, 0.717) is 6.42 Å². The Bertz CT molecular complexity index is 476. The van der Waals surface area contributed by atoms with E-state index in [2.05, 4.69) is 23.5 Å². The standard InChI is InChI=1S/C17H25NO2/c1-13-6-7-14(2)15(10-13)11-16(20)18-17(12-19)8-4-3-5-9-17/h6-7,10,19H,3-5,8-9,11-12H2,1-2H3,(H,18,20). The predicted molar refractivity (Wildman–Crippen MR) is 80.7 cm³/mol. The maximum atomic E-state index is 12.3. The maximum absolute atomic E-state index is 12.3. The van der Waals surface area contributed by atoms with Crippen molar-refractivity contribution in [1.82, 2.24) is 5.32 Å². The van der Waals surface area contributed by atoms with Crippen LogP contribution in [0.3, 0.4) is 0 Å². The Morgan fingerprint density at radius 3 is 2.60 bits per heavy atom. The minimum Gasteiger partial charge on any atom is -0.394 e. The Balaban J connectivity index is 2.02. The van der Waals surface area contributed by atoms with Gasteiger partial charge in [0.1, 0.15) is 0 Å². The van der Waals surface area contributed by atoms with Crippen LogP contribution in [0.5, 0.6) is 0 Å². The second-order valence-electron chi connectivity index (χ2n) is 6.15. The highest BCUT2D eigenvalue weighted by Crippen LogP contribution is 2.27. The number of aryl methyl sites for hydroxylation is 2. The summed E-state index contributed by atoms with van der Waals surface area (Å²) >= 11 is 0. The van der Waals surface area contributed by atoms with E-state index in [1.54, 1.807) is 0 Å². The monoisotopic (exact) mass is 275 g/mol. The van der Waals surface area contributed by atoms with Crippen LogP contribution in [0.15, 0.2) is 18.2 Å². The quantitative estimate of drug-likeness (QED) is 0.887. The van der Waals surface area contributed by atoms with Gasteiger partial charge in [-0.3, -0.25) is 4.79 Å². The summed E-state index contributed by atoms with van der Waals surface area (Å²) in [7, 11) is 0. The first-order valence-corrected chi connectivity index (χ1v) is 7.53. The van der Waals surface area contributed by atoms with Crippen LogP contribution in [0.2, 0.25) is 0 Å². The van der Waals surface area contributed by atoms with Gasteiger partial charge in [0.15, 0.2) is 0 Å². The van der Waals surface area contributed by atoms with Crippen molar-refractivity contribution in [3.8, 4) is 0 Å². The van der Waals surface area contributed by atoms with Gasteiger partial charge in [-0.2, -0.15) is 0 Å². The lowest BCUT2D eigenvalue weighted by Gasteiger charge is -2.36. The van der Waals surface area contributed by atoms with Crippen molar-refractivity contribution in [2.75, 3.05) is 6.61 Å². The summed E-state index contributed by atoms with van der Waals surface area (Å²) in [6, 6.07) is 6.19. The van der Waals surface area contributed by atoms with E-state index in [1.807, 2.05) is 13.8 Å². The fourth-order valence-corrected chi connectivity index (χ4v) is 3.05. The summed E-state index contributed by atoms with van der Waals surface area (Å²) in [5, 5.41) is 12.7. The van der Waals surface area contributed by atoms with Gasteiger partial charge in [0.25, 0.3) is 0 Å². The molecule has 110 valence electrons. The molecule has 3 nitrogen and oxygen atoms in total. The molecular weight excluding hydrogens is 250 g/mol. The van der Waals surface area contributed by atoms with Crippen LogP contribution in [0.1, 0.15) is 48.8 Å².